The van der Waals surface area contributed by atoms with Gasteiger partial charge in [0, 0.05) is 40.5 Å². The maximum atomic E-state index is 13.2. The summed E-state index contributed by atoms with van der Waals surface area (Å²) in [7, 11) is 0. The van der Waals surface area contributed by atoms with Gasteiger partial charge < -0.3 is 10.2 Å². The maximum Gasteiger partial charge on any atom is 0.243 e. The molecule has 0 bridgehead atoms. The second-order valence-electron chi connectivity index (χ2n) is 8.02. The number of amides is 2. The fraction of sp³-hybridized carbons (Fsp3) is 0.391. The van der Waals surface area contributed by atoms with E-state index in [0.29, 0.717) is 22.0 Å². The van der Waals surface area contributed by atoms with Crippen molar-refractivity contribution in [2.24, 2.45) is 0 Å². The smallest absolute Gasteiger partial charge is 0.243 e. The highest BCUT2D eigenvalue weighted by Crippen LogP contribution is 2.27. The second kappa shape index (κ2) is 10.1. The van der Waals surface area contributed by atoms with Gasteiger partial charge in [0.05, 0.1) is 0 Å². The van der Waals surface area contributed by atoms with Gasteiger partial charge in [-0.1, -0.05) is 66.5 Å². The molecule has 0 aliphatic carbocycles. The summed E-state index contributed by atoms with van der Waals surface area (Å²) in [6.07, 6.45) is 0.673. The normalized spacial score (nSPS) is 12.3. The molecule has 0 spiro atoms. The van der Waals surface area contributed by atoms with Crippen LogP contribution in [-0.2, 0) is 22.6 Å². The van der Waals surface area contributed by atoms with E-state index in [1.807, 2.05) is 51.1 Å². The van der Waals surface area contributed by atoms with Gasteiger partial charge in [-0.25, -0.2) is 0 Å². The third-order valence-corrected chi connectivity index (χ3v) is 5.17. The lowest BCUT2D eigenvalue weighted by Crippen LogP contribution is -2.54. The minimum Gasteiger partial charge on any atom is -0.350 e. The van der Waals surface area contributed by atoms with Crippen molar-refractivity contribution in [2.45, 2.75) is 58.7 Å². The highest BCUT2D eigenvalue weighted by molar-refractivity contribution is 6.36. The topological polar surface area (TPSA) is 49.4 Å². The molecule has 0 saturated heterocycles. The zero-order valence-corrected chi connectivity index (χ0v) is 18.8. The van der Waals surface area contributed by atoms with Gasteiger partial charge in [-0.15, -0.1) is 0 Å². The lowest BCUT2D eigenvalue weighted by atomic mass is 10.0. The summed E-state index contributed by atoms with van der Waals surface area (Å²) in [5, 5.41) is 3.96. The van der Waals surface area contributed by atoms with Crippen LogP contribution in [0.4, 0.5) is 0 Å². The molecule has 1 unspecified atom stereocenters. The third-order valence-electron chi connectivity index (χ3n) is 4.46. The minimum atomic E-state index is -0.684. The fourth-order valence-electron chi connectivity index (χ4n) is 3.06. The Hall–Kier alpha value is -2.04. The average Bonchev–Trinajstić information content (AvgIpc) is 2.65. The Labute approximate surface area is 183 Å². The number of nitrogens with zero attached hydrogens (tertiary/aromatic N) is 1. The number of benzene rings is 2. The van der Waals surface area contributed by atoms with Crippen LogP contribution in [0.25, 0.3) is 0 Å². The van der Waals surface area contributed by atoms with E-state index in [0.717, 1.165) is 5.56 Å². The van der Waals surface area contributed by atoms with E-state index in [4.69, 9.17) is 23.2 Å². The van der Waals surface area contributed by atoms with Crippen LogP contribution in [0.5, 0.6) is 0 Å². The third kappa shape index (κ3) is 6.76. The molecule has 6 heteroatoms. The van der Waals surface area contributed by atoms with Gasteiger partial charge in [0.1, 0.15) is 6.04 Å². The van der Waals surface area contributed by atoms with E-state index in [1.54, 1.807) is 30.0 Å². The van der Waals surface area contributed by atoms with E-state index < -0.39 is 11.6 Å². The number of nitrogens with one attached hydrogen (secondary N) is 1. The highest BCUT2D eigenvalue weighted by Gasteiger charge is 2.32. The minimum absolute atomic E-state index is 0.133. The molecule has 2 rings (SSSR count). The second-order valence-corrected chi connectivity index (χ2v) is 8.83. The Morgan fingerprint density at radius 2 is 1.59 bits per heavy atom. The van der Waals surface area contributed by atoms with Gasteiger partial charge in [0.2, 0.25) is 11.8 Å². The van der Waals surface area contributed by atoms with Crippen LogP contribution >= 0.6 is 23.2 Å². The molecule has 0 aliphatic heterocycles. The van der Waals surface area contributed by atoms with Crippen LogP contribution in [0.15, 0.2) is 48.5 Å². The monoisotopic (exact) mass is 434 g/mol. The first-order valence-electron chi connectivity index (χ1n) is 9.70. The lowest BCUT2D eigenvalue weighted by Gasteiger charge is -2.34. The van der Waals surface area contributed by atoms with Gasteiger partial charge in [-0.05, 0) is 38.5 Å². The number of hydrogen-bond donors (Lipinski definition) is 1. The molecule has 0 aromatic heterocycles. The zero-order chi connectivity index (χ0) is 21.6. The maximum absolute atomic E-state index is 13.2. The van der Waals surface area contributed by atoms with Crippen molar-refractivity contribution in [3.63, 3.8) is 0 Å². The number of rotatable bonds is 7. The summed E-state index contributed by atoms with van der Waals surface area (Å²) in [6, 6.07) is 14.2. The Morgan fingerprint density at radius 1 is 1.00 bits per heavy atom. The average molecular weight is 435 g/mol. The van der Waals surface area contributed by atoms with Gasteiger partial charge in [0.15, 0.2) is 0 Å². The predicted molar refractivity (Wildman–Crippen MR) is 119 cm³/mol. The van der Waals surface area contributed by atoms with Crippen molar-refractivity contribution in [1.29, 1.82) is 0 Å². The first-order valence-corrected chi connectivity index (χ1v) is 10.5. The first kappa shape index (κ1) is 23.2. The Balaban J connectivity index is 2.45. The molecule has 2 aromatic rings. The summed E-state index contributed by atoms with van der Waals surface area (Å²) in [5.74, 6) is -0.336. The SMILES string of the molecule is CCC(=O)N(Cc1c(Cl)cccc1Cl)C(Cc1ccccc1)C(=O)NC(C)(C)C. The van der Waals surface area contributed by atoms with Crippen molar-refractivity contribution < 1.29 is 9.59 Å². The number of halogens is 2. The number of carbonyl (C=O) groups excluding carboxylic acids is 2. The predicted octanol–water partition coefficient (Wildman–Crippen LogP) is 5.26. The summed E-state index contributed by atoms with van der Waals surface area (Å²) in [5.41, 5.74) is 1.19. The Kier molecular flexibility index (Phi) is 8.12. The molecule has 29 heavy (non-hydrogen) atoms. The van der Waals surface area contributed by atoms with Gasteiger partial charge in [0.25, 0.3) is 0 Å². The van der Waals surface area contributed by atoms with Crippen LogP contribution in [0.2, 0.25) is 10.0 Å². The Bertz CT molecular complexity index is 827. The van der Waals surface area contributed by atoms with E-state index in [1.165, 1.54) is 0 Å². The van der Waals surface area contributed by atoms with Crippen molar-refractivity contribution in [3.05, 3.63) is 69.7 Å². The first-order chi connectivity index (χ1) is 13.6. The van der Waals surface area contributed by atoms with Crippen LogP contribution < -0.4 is 5.32 Å². The molecular formula is C23H28Cl2N2O2. The van der Waals surface area contributed by atoms with Crippen LogP contribution in [-0.4, -0.2) is 28.3 Å². The van der Waals surface area contributed by atoms with Gasteiger partial charge in [-0.2, -0.15) is 0 Å². The molecule has 156 valence electrons. The summed E-state index contributed by atoms with van der Waals surface area (Å²) in [6.45, 7) is 7.70. The fourth-order valence-corrected chi connectivity index (χ4v) is 3.58. The molecule has 0 fully saturated rings. The molecule has 1 N–H and O–H groups in total. The molecule has 0 aliphatic rings. The molecular weight excluding hydrogens is 407 g/mol. The van der Waals surface area contributed by atoms with Crippen LogP contribution in [0.3, 0.4) is 0 Å². The van der Waals surface area contributed by atoms with E-state index in [2.05, 4.69) is 5.32 Å². The number of carbonyl (C=O) groups is 2. The molecule has 1 atom stereocenters. The molecule has 2 amide bonds. The largest absolute Gasteiger partial charge is 0.350 e. The zero-order valence-electron chi connectivity index (χ0n) is 17.3. The van der Waals surface area contributed by atoms with E-state index in [9.17, 15) is 9.59 Å². The highest BCUT2D eigenvalue weighted by atomic mass is 35.5. The Morgan fingerprint density at radius 3 is 2.10 bits per heavy atom. The van der Waals surface area contributed by atoms with Crippen LogP contribution in [0.1, 0.15) is 45.2 Å². The molecule has 0 heterocycles. The van der Waals surface area contributed by atoms with Crippen molar-refractivity contribution in [1.82, 2.24) is 10.2 Å². The summed E-state index contributed by atoms with van der Waals surface area (Å²) in [4.78, 5) is 27.7. The van der Waals surface area contributed by atoms with E-state index in [-0.39, 0.29) is 24.8 Å². The van der Waals surface area contributed by atoms with Gasteiger partial charge >= 0.3 is 0 Å². The van der Waals surface area contributed by atoms with Crippen molar-refractivity contribution in [3.8, 4) is 0 Å². The molecule has 4 nitrogen and oxygen atoms in total. The quantitative estimate of drug-likeness (QED) is 0.645. The van der Waals surface area contributed by atoms with Crippen LogP contribution in [0, 0.1) is 0 Å². The van der Waals surface area contributed by atoms with Gasteiger partial charge in [-0.3, -0.25) is 9.59 Å². The molecule has 0 radical (unpaired) electrons. The standard InChI is InChI=1S/C23H28Cl2N2O2/c1-5-21(28)27(15-17-18(24)12-9-13-19(17)25)20(22(29)26-23(2,3)4)14-16-10-7-6-8-11-16/h6-13,20H,5,14-15H2,1-4H3,(H,26,29). The number of hydrogen-bond acceptors (Lipinski definition) is 2. The molecule has 2 aromatic carbocycles. The summed E-state index contributed by atoms with van der Waals surface area (Å²) >= 11 is 12.7. The summed E-state index contributed by atoms with van der Waals surface area (Å²) < 4.78 is 0. The molecule has 0 saturated carbocycles. The van der Waals surface area contributed by atoms with Crippen molar-refractivity contribution >= 4 is 35.0 Å². The van der Waals surface area contributed by atoms with Crippen molar-refractivity contribution in [2.75, 3.05) is 0 Å². The lowest BCUT2D eigenvalue weighted by molar-refractivity contribution is -0.141. The van der Waals surface area contributed by atoms with E-state index >= 15 is 0 Å².